The number of nitrogens with one attached hydrogen (secondary N) is 1. The molecule has 0 aliphatic rings. The predicted octanol–water partition coefficient (Wildman–Crippen LogP) is 4.86. The first-order valence-electron chi connectivity index (χ1n) is 6.72. The minimum atomic E-state index is -0.149. The molecule has 0 aliphatic carbocycles. The first-order chi connectivity index (χ1) is 10.6. The van der Waals surface area contributed by atoms with E-state index in [0.29, 0.717) is 0 Å². The van der Waals surface area contributed by atoms with Crippen LogP contribution in [-0.4, -0.2) is 10.9 Å². The molecule has 0 aliphatic heterocycles. The fourth-order valence-electron chi connectivity index (χ4n) is 2.05. The number of benzene rings is 2. The molecule has 1 aromatic heterocycles. The second kappa shape index (κ2) is 6.58. The number of rotatable bonds is 3. The van der Waals surface area contributed by atoms with Crippen LogP contribution in [0.15, 0.2) is 48.5 Å². The number of hydrogen-bond acceptors (Lipinski definition) is 3. The Kier molecular flexibility index (Phi) is 4.54. The summed E-state index contributed by atoms with van der Waals surface area (Å²) in [4.78, 5) is 16.5. The molecule has 1 N–H and O–H groups in total. The van der Waals surface area contributed by atoms with E-state index in [4.69, 9.17) is 0 Å². The van der Waals surface area contributed by atoms with Crippen LogP contribution in [0.5, 0.6) is 0 Å². The molecule has 0 saturated heterocycles. The average molecular weight is 420 g/mol. The lowest BCUT2D eigenvalue weighted by Gasteiger charge is -2.06. The molecule has 0 spiro atoms. The first kappa shape index (κ1) is 15.2. The highest BCUT2D eigenvalue weighted by Gasteiger charge is 2.03. The summed E-state index contributed by atoms with van der Waals surface area (Å²) in [6, 6.07) is 13.9. The molecule has 110 valence electrons. The Morgan fingerprint density at radius 1 is 1.27 bits per heavy atom. The number of para-hydroxylation sites is 1. The van der Waals surface area contributed by atoms with Crippen LogP contribution in [0, 0.1) is 10.5 Å². The van der Waals surface area contributed by atoms with E-state index in [-0.39, 0.29) is 5.91 Å². The van der Waals surface area contributed by atoms with Crippen molar-refractivity contribution in [1.29, 1.82) is 0 Å². The molecule has 3 rings (SSSR count). The number of anilines is 1. The van der Waals surface area contributed by atoms with Gasteiger partial charge in [0.25, 0.3) is 0 Å². The molecule has 1 heterocycles. The van der Waals surface area contributed by atoms with Gasteiger partial charge in [-0.25, -0.2) is 4.98 Å². The van der Waals surface area contributed by atoms with Gasteiger partial charge < -0.3 is 5.32 Å². The van der Waals surface area contributed by atoms with Crippen LogP contribution >= 0.6 is 33.9 Å². The summed E-state index contributed by atoms with van der Waals surface area (Å²) in [5.74, 6) is -0.149. The van der Waals surface area contributed by atoms with Crippen LogP contribution in [0.2, 0.25) is 0 Å². The van der Waals surface area contributed by atoms with Gasteiger partial charge in [0.05, 0.1) is 10.2 Å². The van der Waals surface area contributed by atoms with Crippen LogP contribution in [0.4, 0.5) is 5.69 Å². The average Bonchev–Trinajstić information content (AvgIpc) is 2.91. The van der Waals surface area contributed by atoms with Gasteiger partial charge >= 0.3 is 0 Å². The number of thiazole rings is 1. The maximum absolute atomic E-state index is 12.0. The van der Waals surface area contributed by atoms with Gasteiger partial charge in [-0.05, 0) is 71.5 Å². The summed E-state index contributed by atoms with van der Waals surface area (Å²) in [5, 5.41) is 3.72. The van der Waals surface area contributed by atoms with E-state index in [9.17, 15) is 4.79 Å². The lowest BCUT2D eigenvalue weighted by molar-refractivity contribution is -0.111. The van der Waals surface area contributed by atoms with Crippen LogP contribution in [0.3, 0.4) is 0 Å². The second-order valence-electron chi connectivity index (χ2n) is 4.80. The summed E-state index contributed by atoms with van der Waals surface area (Å²) in [5.41, 5.74) is 2.84. The van der Waals surface area contributed by atoms with Crippen LogP contribution in [0.25, 0.3) is 16.3 Å². The summed E-state index contributed by atoms with van der Waals surface area (Å²) in [6.07, 6.45) is 3.27. The van der Waals surface area contributed by atoms with E-state index < -0.39 is 0 Å². The molecule has 5 heteroatoms. The monoisotopic (exact) mass is 420 g/mol. The number of aromatic nitrogens is 1. The molecule has 22 heavy (non-hydrogen) atoms. The van der Waals surface area contributed by atoms with E-state index in [1.54, 1.807) is 17.4 Å². The Morgan fingerprint density at radius 2 is 2.09 bits per heavy atom. The molecule has 0 saturated carbocycles. The van der Waals surface area contributed by atoms with Crippen molar-refractivity contribution in [3.05, 3.63) is 62.7 Å². The Hall–Kier alpha value is -1.73. The van der Waals surface area contributed by atoms with Gasteiger partial charge in [-0.1, -0.05) is 12.1 Å². The van der Waals surface area contributed by atoms with E-state index in [2.05, 4.69) is 32.9 Å². The number of fused-ring (bicyclic) bond motifs is 1. The maximum atomic E-state index is 12.0. The van der Waals surface area contributed by atoms with Crippen molar-refractivity contribution in [2.45, 2.75) is 6.92 Å². The Balaban J connectivity index is 1.73. The smallest absolute Gasteiger partial charge is 0.248 e. The lowest BCUT2D eigenvalue weighted by atomic mass is 10.2. The maximum Gasteiger partial charge on any atom is 0.248 e. The quantitative estimate of drug-likeness (QED) is 0.486. The topological polar surface area (TPSA) is 42.0 Å². The third kappa shape index (κ3) is 3.53. The van der Waals surface area contributed by atoms with Crippen molar-refractivity contribution in [3.8, 4) is 0 Å². The zero-order valence-electron chi connectivity index (χ0n) is 11.8. The van der Waals surface area contributed by atoms with Crippen LogP contribution in [0.1, 0.15) is 10.6 Å². The summed E-state index contributed by atoms with van der Waals surface area (Å²) in [7, 11) is 0. The molecule has 0 fully saturated rings. The van der Waals surface area contributed by atoms with E-state index >= 15 is 0 Å². The largest absolute Gasteiger partial charge is 0.322 e. The first-order valence-corrected chi connectivity index (χ1v) is 8.62. The Bertz CT molecular complexity index is 837. The van der Waals surface area contributed by atoms with Crippen LogP contribution in [-0.2, 0) is 4.79 Å². The fourth-order valence-corrected chi connectivity index (χ4v) is 3.57. The van der Waals surface area contributed by atoms with Gasteiger partial charge in [0.1, 0.15) is 5.01 Å². The molecular formula is C17H13IN2OS. The highest BCUT2D eigenvalue weighted by atomic mass is 127. The number of amides is 1. The molecule has 0 atom stereocenters. The van der Waals surface area contributed by atoms with Crippen molar-refractivity contribution in [3.63, 3.8) is 0 Å². The van der Waals surface area contributed by atoms with E-state index in [1.165, 1.54) is 6.08 Å². The molecule has 3 nitrogen and oxygen atoms in total. The standard InChI is InChI=1S/C17H13IN2OS/c1-11-10-12(18)6-7-13(11)19-16(21)8-9-17-20-14-4-2-3-5-15(14)22-17/h2-10H,1H3,(H,19,21)/b9-8+. The molecular weight excluding hydrogens is 407 g/mol. The highest BCUT2D eigenvalue weighted by Crippen LogP contribution is 2.22. The number of carbonyl (C=O) groups excluding carboxylic acids is 1. The highest BCUT2D eigenvalue weighted by molar-refractivity contribution is 14.1. The van der Waals surface area contributed by atoms with Gasteiger partial charge in [-0.3, -0.25) is 4.79 Å². The zero-order chi connectivity index (χ0) is 15.5. The third-order valence-electron chi connectivity index (χ3n) is 3.13. The van der Waals surface area contributed by atoms with Gasteiger partial charge in [-0.15, -0.1) is 11.3 Å². The Labute approximate surface area is 146 Å². The van der Waals surface area contributed by atoms with Crippen LogP contribution < -0.4 is 5.32 Å². The minimum Gasteiger partial charge on any atom is -0.322 e. The lowest BCUT2D eigenvalue weighted by Crippen LogP contribution is -2.08. The number of nitrogens with zero attached hydrogens (tertiary/aromatic N) is 1. The molecule has 1 amide bonds. The zero-order valence-corrected chi connectivity index (χ0v) is 14.8. The number of halogens is 1. The van der Waals surface area contributed by atoms with Gasteiger partial charge in [0.15, 0.2) is 0 Å². The third-order valence-corrected chi connectivity index (χ3v) is 4.81. The molecule has 3 aromatic rings. The summed E-state index contributed by atoms with van der Waals surface area (Å²) in [6.45, 7) is 1.98. The predicted molar refractivity (Wildman–Crippen MR) is 101 cm³/mol. The second-order valence-corrected chi connectivity index (χ2v) is 7.11. The van der Waals surface area contributed by atoms with Gasteiger partial charge in [0.2, 0.25) is 5.91 Å². The van der Waals surface area contributed by atoms with E-state index in [1.807, 2.05) is 49.4 Å². The number of carbonyl (C=O) groups is 1. The van der Waals surface area contributed by atoms with Crippen molar-refractivity contribution in [1.82, 2.24) is 4.98 Å². The normalized spacial score (nSPS) is 11.2. The van der Waals surface area contributed by atoms with Crippen molar-refractivity contribution < 1.29 is 4.79 Å². The minimum absolute atomic E-state index is 0.149. The van der Waals surface area contributed by atoms with Crippen molar-refractivity contribution in [2.24, 2.45) is 0 Å². The fraction of sp³-hybridized carbons (Fsp3) is 0.0588. The molecule has 0 radical (unpaired) electrons. The van der Waals surface area contributed by atoms with Crippen molar-refractivity contribution in [2.75, 3.05) is 5.32 Å². The van der Waals surface area contributed by atoms with Crippen molar-refractivity contribution >= 4 is 61.8 Å². The molecule has 0 bridgehead atoms. The number of aryl methyl sites for hydroxylation is 1. The molecule has 0 unspecified atom stereocenters. The summed E-state index contributed by atoms with van der Waals surface area (Å²) >= 11 is 3.82. The van der Waals surface area contributed by atoms with Gasteiger partial charge in [-0.2, -0.15) is 0 Å². The SMILES string of the molecule is Cc1cc(I)ccc1NC(=O)/C=C/c1nc2ccccc2s1. The Morgan fingerprint density at radius 3 is 2.86 bits per heavy atom. The number of hydrogen-bond donors (Lipinski definition) is 1. The van der Waals surface area contributed by atoms with Gasteiger partial charge in [0, 0.05) is 15.3 Å². The van der Waals surface area contributed by atoms with E-state index in [0.717, 1.165) is 30.0 Å². The summed E-state index contributed by atoms with van der Waals surface area (Å²) < 4.78 is 2.27. The molecule has 2 aromatic carbocycles.